The molecule has 3 aliphatic rings. The van der Waals surface area contributed by atoms with Crippen LogP contribution in [0.3, 0.4) is 0 Å². The molecule has 0 bridgehead atoms. The minimum atomic E-state index is -4.39. The molecule has 3 fully saturated rings. The minimum absolute atomic E-state index is 0.123. The molecule has 5 rings (SSSR count). The summed E-state index contributed by atoms with van der Waals surface area (Å²) >= 11 is 0. The molecule has 8 nitrogen and oxygen atoms in total. The molecule has 1 aromatic heterocycles. The van der Waals surface area contributed by atoms with E-state index in [1.165, 1.54) is 24.4 Å². The fourth-order valence-corrected chi connectivity index (χ4v) is 6.41. The summed E-state index contributed by atoms with van der Waals surface area (Å²) < 4.78 is 41.9. The second-order valence-corrected chi connectivity index (χ2v) is 10.8. The molecule has 1 amide bonds. The molecule has 3 saturated heterocycles. The number of nitrogens with zero attached hydrogens (tertiary/aromatic N) is 5. The first-order valence-electron chi connectivity index (χ1n) is 14.4. The molecule has 1 unspecified atom stereocenters. The predicted molar refractivity (Wildman–Crippen MR) is 147 cm³/mol. The Balaban J connectivity index is 0.00000181. The molecule has 0 radical (unpaired) electrons. The maximum Gasteiger partial charge on any atom is 0.416 e. The monoisotopic (exact) mass is 563 g/mol. The first-order valence-corrected chi connectivity index (χ1v) is 14.4. The Hall–Kier alpha value is -3.08. The molecular formula is C29H40F3N5O3. The average molecular weight is 564 g/mol. The van der Waals surface area contributed by atoms with E-state index in [0.717, 1.165) is 68.3 Å². The molecule has 1 aromatic carbocycles. The van der Waals surface area contributed by atoms with Crippen LogP contribution in [0.15, 0.2) is 30.5 Å². The number of benzene rings is 1. The van der Waals surface area contributed by atoms with Gasteiger partial charge in [0, 0.05) is 49.6 Å². The molecule has 0 saturated carbocycles. The molecule has 3 aliphatic heterocycles. The lowest BCUT2D eigenvalue weighted by molar-refractivity contribution is -0.137. The van der Waals surface area contributed by atoms with Gasteiger partial charge in [-0.3, -0.25) is 4.90 Å². The third-order valence-corrected chi connectivity index (χ3v) is 8.60. The van der Waals surface area contributed by atoms with Crippen molar-refractivity contribution in [3.63, 3.8) is 0 Å². The fourth-order valence-electron chi connectivity index (χ4n) is 6.41. The van der Waals surface area contributed by atoms with Crippen molar-refractivity contribution in [3.05, 3.63) is 47.3 Å². The summed E-state index contributed by atoms with van der Waals surface area (Å²) in [7, 11) is 0. The number of carbonyl (C=O) groups is 2. The lowest BCUT2D eigenvalue weighted by Gasteiger charge is -2.52. The Bertz CT molecular complexity index is 1190. The number of likely N-dealkylation sites (tertiary alicyclic amines) is 2. The second kappa shape index (κ2) is 12.2. The van der Waals surface area contributed by atoms with Crippen LogP contribution in [0.2, 0.25) is 0 Å². The maximum absolute atomic E-state index is 13.6. The number of halogens is 3. The summed E-state index contributed by atoms with van der Waals surface area (Å²) in [5.41, 5.74) is 0.697. The van der Waals surface area contributed by atoms with Crippen LogP contribution in [0.1, 0.15) is 87.3 Å². The van der Waals surface area contributed by atoms with E-state index in [-0.39, 0.29) is 23.3 Å². The van der Waals surface area contributed by atoms with Crippen molar-refractivity contribution in [1.29, 1.82) is 0 Å². The number of piperidine rings is 2. The second-order valence-electron chi connectivity index (χ2n) is 10.8. The Morgan fingerprint density at radius 2 is 1.75 bits per heavy atom. The summed E-state index contributed by atoms with van der Waals surface area (Å²) in [5.74, 6) is -1.18. The van der Waals surface area contributed by atoms with Crippen LogP contribution in [-0.4, -0.2) is 74.4 Å². The van der Waals surface area contributed by atoms with Gasteiger partial charge in [-0.15, -0.1) is 0 Å². The van der Waals surface area contributed by atoms with Crippen LogP contribution < -0.4 is 4.90 Å². The highest BCUT2D eigenvalue weighted by Gasteiger charge is 2.43. The molecule has 0 aliphatic carbocycles. The van der Waals surface area contributed by atoms with Gasteiger partial charge in [0.1, 0.15) is 0 Å². The van der Waals surface area contributed by atoms with Crippen molar-refractivity contribution in [2.75, 3.05) is 31.1 Å². The number of hydrogen-bond donors (Lipinski definition) is 1. The van der Waals surface area contributed by atoms with Crippen molar-refractivity contribution >= 4 is 17.7 Å². The van der Waals surface area contributed by atoms with Gasteiger partial charge in [-0.25, -0.2) is 9.59 Å². The third kappa shape index (κ3) is 6.14. The highest BCUT2D eigenvalue weighted by Crippen LogP contribution is 2.41. The highest BCUT2D eigenvalue weighted by atomic mass is 19.4. The third-order valence-electron chi connectivity index (χ3n) is 8.60. The summed E-state index contributed by atoms with van der Waals surface area (Å²) in [6, 6.07) is 5.34. The fraction of sp³-hybridized carbons (Fsp3) is 0.621. The lowest BCUT2D eigenvalue weighted by atomic mass is 9.78. The molecule has 11 heteroatoms. The van der Waals surface area contributed by atoms with Gasteiger partial charge in [-0.2, -0.15) is 23.0 Å². The zero-order valence-electron chi connectivity index (χ0n) is 23.6. The highest BCUT2D eigenvalue weighted by molar-refractivity contribution is 5.86. The molecule has 2 aromatic rings. The number of carboxylic acid groups (broad SMARTS) is 1. The van der Waals surface area contributed by atoms with Gasteiger partial charge in [-0.05, 0) is 75.8 Å². The quantitative estimate of drug-likeness (QED) is 0.484. The Labute approximate surface area is 233 Å². The number of aromatic nitrogens is 2. The van der Waals surface area contributed by atoms with Crippen LogP contribution in [0.4, 0.5) is 23.7 Å². The zero-order chi connectivity index (χ0) is 29.1. The van der Waals surface area contributed by atoms with Crippen LogP contribution in [0.5, 0.6) is 0 Å². The van der Waals surface area contributed by atoms with Gasteiger partial charge >= 0.3 is 18.2 Å². The molecule has 220 valence electrons. The van der Waals surface area contributed by atoms with Crippen LogP contribution in [-0.2, 0) is 12.7 Å². The van der Waals surface area contributed by atoms with Crippen LogP contribution >= 0.6 is 0 Å². The van der Waals surface area contributed by atoms with E-state index in [1.807, 2.05) is 13.8 Å². The molecule has 40 heavy (non-hydrogen) atoms. The number of amides is 1. The number of hydrogen-bond acceptors (Lipinski definition) is 5. The number of carbonyl (C=O) groups excluding carboxylic acids is 1. The van der Waals surface area contributed by atoms with E-state index in [2.05, 4.69) is 21.8 Å². The Morgan fingerprint density at radius 3 is 2.35 bits per heavy atom. The Kier molecular flexibility index (Phi) is 9.12. The van der Waals surface area contributed by atoms with Crippen LogP contribution in [0, 0.1) is 0 Å². The van der Waals surface area contributed by atoms with E-state index in [0.29, 0.717) is 25.3 Å². The van der Waals surface area contributed by atoms with Crippen molar-refractivity contribution in [1.82, 2.24) is 19.6 Å². The number of anilines is 1. The van der Waals surface area contributed by atoms with Crippen molar-refractivity contribution in [2.45, 2.75) is 90.0 Å². The zero-order valence-corrected chi connectivity index (χ0v) is 23.6. The standard InChI is InChI=1S/C27H34F3N5O3.C2H6/c1-19-5-4-13-34(19)23-17-21(27(28,29)30)7-6-20(23)18-33-12-3-2-9-26(33)10-15-32(16-11-26)25(38)35-14-8-22(31-35)24(36)37;1-2/h6-8,14,17,19H,2-5,9-13,15-16,18H2,1H3,(H,36,37);1-2H3. The van der Waals surface area contributed by atoms with E-state index >= 15 is 0 Å². The number of alkyl halides is 3. The largest absolute Gasteiger partial charge is 0.476 e. The van der Waals surface area contributed by atoms with E-state index in [1.54, 1.807) is 11.0 Å². The normalized spacial score (nSPS) is 21.3. The van der Waals surface area contributed by atoms with Gasteiger partial charge in [0.2, 0.25) is 0 Å². The van der Waals surface area contributed by atoms with Crippen LogP contribution in [0.25, 0.3) is 0 Å². The average Bonchev–Trinajstić information content (AvgIpc) is 3.61. The number of aromatic carboxylic acids is 1. The first kappa shape index (κ1) is 29.9. The molecule has 1 atom stereocenters. The van der Waals surface area contributed by atoms with Gasteiger partial charge in [-0.1, -0.05) is 26.3 Å². The Morgan fingerprint density at radius 1 is 1.02 bits per heavy atom. The smallest absolute Gasteiger partial charge is 0.416 e. The first-order chi connectivity index (χ1) is 19.1. The molecule has 4 heterocycles. The topological polar surface area (TPSA) is 81.9 Å². The van der Waals surface area contributed by atoms with Gasteiger partial charge in [0.05, 0.1) is 5.56 Å². The van der Waals surface area contributed by atoms with E-state index in [4.69, 9.17) is 5.11 Å². The minimum Gasteiger partial charge on any atom is -0.476 e. The van der Waals surface area contributed by atoms with E-state index < -0.39 is 17.7 Å². The van der Waals surface area contributed by atoms with E-state index in [9.17, 15) is 22.8 Å². The molecule has 1 spiro atoms. The molecular weight excluding hydrogens is 523 g/mol. The van der Waals surface area contributed by atoms with Crippen molar-refractivity contribution < 1.29 is 27.9 Å². The number of carboxylic acids is 1. The van der Waals surface area contributed by atoms with Gasteiger partial charge < -0.3 is 14.9 Å². The SMILES string of the molecule is CC.CC1CCCN1c1cc(C(F)(F)F)ccc1CN1CCCCC12CCN(C(=O)n1ccc(C(=O)O)n1)CC2. The lowest BCUT2D eigenvalue weighted by Crippen LogP contribution is -2.58. The van der Waals surface area contributed by atoms with Gasteiger partial charge in [0.15, 0.2) is 5.69 Å². The molecule has 1 N–H and O–H groups in total. The maximum atomic E-state index is 13.6. The van der Waals surface area contributed by atoms with Gasteiger partial charge in [0.25, 0.3) is 0 Å². The van der Waals surface area contributed by atoms with Crippen molar-refractivity contribution in [2.24, 2.45) is 0 Å². The number of rotatable bonds is 4. The summed E-state index contributed by atoms with van der Waals surface area (Å²) in [4.78, 5) is 30.3. The predicted octanol–water partition coefficient (Wildman–Crippen LogP) is 6.10. The van der Waals surface area contributed by atoms with Crippen molar-refractivity contribution in [3.8, 4) is 0 Å². The summed E-state index contributed by atoms with van der Waals surface area (Å²) in [6.07, 6.45) is 3.52. The summed E-state index contributed by atoms with van der Waals surface area (Å²) in [6.45, 7) is 9.30. The summed E-state index contributed by atoms with van der Waals surface area (Å²) in [5, 5.41) is 13.0.